The van der Waals surface area contributed by atoms with Crippen molar-refractivity contribution in [2.24, 2.45) is 0 Å². The van der Waals surface area contributed by atoms with Crippen LogP contribution in [-0.4, -0.2) is 12.3 Å². The van der Waals surface area contributed by atoms with Gasteiger partial charge in [-0.15, -0.1) is 11.8 Å². The van der Waals surface area contributed by atoms with E-state index in [0.29, 0.717) is 16.5 Å². The summed E-state index contributed by atoms with van der Waals surface area (Å²) in [7, 11) is 0. The molecule has 0 saturated heterocycles. The van der Waals surface area contributed by atoms with Crippen LogP contribution in [0.15, 0.2) is 47.4 Å². The molecular weight excluding hydrogens is 288 g/mol. The van der Waals surface area contributed by atoms with Crippen LogP contribution in [0.5, 0.6) is 0 Å². The molecule has 0 fully saturated rings. The molecule has 0 radical (unpaired) electrons. The van der Waals surface area contributed by atoms with Gasteiger partial charge in [-0.3, -0.25) is 0 Å². The van der Waals surface area contributed by atoms with Gasteiger partial charge >= 0.3 is 0 Å². The van der Waals surface area contributed by atoms with E-state index in [1.54, 1.807) is 18.2 Å². The smallest absolute Gasteiger partial charge is 0.0992 e. The highest BCUT2D eigenvalue weighted by molar-refractivity contribution is 7.99. The number of hydrogen-bond donors (Lipinski definition) is 1. The molecule has 1 atom stereocenters. The fraction of sp³-hybridized carbons (Fsp3) is 0.188. The quantitative estimate of drug-likeness (QED) is 0.905. The van der Waals surface area contributed by atoms with Crippen LogP contribution in [0.25, 0.3) is 0 Å². The number of thioether (sulfide) groups is 1. The van der Waals surface area contributed by atoms with Crippen molar-refractivity contribution in [2.45, 2.75) is 10.8 Å². The molecule has 1 aliphatic rings. The summed E-state index contributed by atoms with van der Waals surface area (Å²) >= 11 is 8.06. The Balaban J connectivity index is 1.74. The van der Waals surface area contributed by atoms with Crippen LogP contribution in [0.2, 0.25) is 5.02 Å². The lowest BCUT2D eigenvalue weighted by Gasteiger charge is -2.14. The van der Waals surface area contributed by atoms with E-state index in [4.69, 9.17) is 16.9 Å². The number of rotatable bonds is 3. The van der Waals surface area contributed by atoms with Gasteiger partial charge in [0.25, 0.3) is 0 Å². The topological polar surface area (TPSA) is 35.8 Å². The highest BCUT2D eigenvalue weighted by Crippen LogP contribution is 2.39. The molecule has 3 rings (SSSR count). The molecule has 1 N–H and O–H groups in total. The van der Waals surface area contributed by atoms with Crippen molar-refractivity contribution in [3.8, 4) is 6.07 Å². The Morgan fingerprint density at radius 2 is 2.15 bits per heavy atom. The largest absolute Gasteiger partial charge is 0.383 e. The van der Waals surface area contributed by atoms with Crippen molar-refractivity contribution in [2.75, 3.05) is 17.6 Å². The zero-order valence-corrected chi connectivity index (χ0v) is 12.3. The third-order valence-electron chi connectivity index (χ3n) is 3.43. The summed E-state index contributed by atoms with van der Waals surface area (Å²) in [5.74, 6) is 1.57. The summed E-state index contributed by atoms with van der Waals surface area (Å²) in [5.41, 5.74) is 2.86. The lowest BCUT2D eigenvalue weighted by Crippen LogP contribution is -2.12. The molecule has 0 amide bonds. The molecule has 2 aromatic rings. The molecule has 0 spiro atoms. The average molecular weight is 301 g/mol. The predicted molar refractivity (Wildman–Crippen MR) is 84.6 cm³/mol. The summed E-state index contributed by atoms with van der Waals surface area (Å²) in [6.07, 6.45) is 0. The number of halogens is 1. The van der Waals surface area contributed by atoms with Gasteiger partial charge < -0.3 is 5.32 Å². The Labute approximate surface area is 127 Å². The molecule has 1 unspecified atom stereocenters. The van der Waals surface area contributed by atoms with Gasteiger partial charge in [0.05, 0.1) is 22.3 Å². The van der Waals surface area contributed by atoms with Crippen molar-refractivity contribution in [3.63, 3.8) is 0 Å². The van der Waals surface area contributed by atoms with E-state index < -0.39 is 0 Å². The normalized spacial score (nSPS) is 16.5. The maximum absolute atomic E-state index is 8.94. The highest BCUT2D eigenvalue weighted by Gasteiger charge is 2.22. The van der Waals surface area contributed by atoms with Gasteiger partial charge in [-0.25, -0.2) is 0 Å². The van der Waals surface area contributed by atoms with Crippen molar-refractivity contribution < 1.29 is 0 Å². The second-order valence-corrected chi connectivity index (χ2v) is 6.20. The number of fused-ring (bicyclic) bond motifs is 1. The number of benzene rings is 2. The first-order valence-corrected chi connectivity index (χ1v) is 7.79. The van der Waals surface area contributed by atoms with E-state index in [-0.39, 0.29) is 0 Å². The zero-order chi connectivity index (χ0) is 13.9. The molecule has 1 aliphatic heterocycles. The third kappa shape index (κ3) is 2.63. The molecule has 100 valence electrons. The van der Waals surface area contributed by atoms with E-state index in [0.717, 1.165) is 18.0 Å². The van der Waals surface area contributed by atoms with Gasteiger partial charge in [0, 0.05) is 23.1 Å². The van der Waals surface area contributed by atoms with E-state index in [1.807, 2.05) is 11.8 Å². The Morgan fingerprint density at radius 1 is 1.30 bits per heavy atom. The molecule has 1 heterocycles. The second kappa shape index (κ2) is 5.78. The third-order valence-corrected chi connectivity index (χ3v) is 5.01. The Bertz CT molecular complexity index is 678. The van der Waals surface area contributed by atoms with Crippen molar-refractivity contribution >= 4 is 29.1 Å². The molecule has 2 aromatic carbocycles. The van der Waals surface area contributed by atoms with Crippen LogP contribution < -0.4 is 5.32 Å². The van der Waals surface area contributed by atoms with Crippen LogP contribution in [0.3, 0.4) is 0 Å². The highest BCUT2D eigenvalue weighted by atomic mass is 35.5. The molecule has 4 heteroatoms. The number of nitrogens with one attached hydrogen (secondary N) is 1. The van der Waals surface area contributed by atoms with Gasteiger partial charge in [-0.1, -0.05) is 29.8 Å². The van der Waals surface area contributed by atoms with Crippen LogP contribution in [0.4, 0.5) is 5.69 Å². The van der Waals surface area contributed by atoms with E-state index in [1.165, 1.54) is 10.5 Å². The van der Waals surface area contributed by atoms with Crippen LogP contribution in [0.1, 0.15) is 17.0 Å². The summed E-state index contributed by atoms with van der Waals surface area (Å²) in [5, 5.41) is 13.0. The Hall–Kier alpha value is -1.63. The molecular formula is C16H13ClN2S. The molecule has 2 nitrogen and oxygen atoms in total. The minimum Gasteiger partial charge on any atom is -0.383 e. The Morgan fingerprint density at radius 3 is 3.00 bits per heavy atom. The summed E-state index contributed by atoms with van der Waals surface area (Å²) in [4.78, 5) is 1.37. The predicted octanol–water partition coefficient (Wildman–Crippen LogP) is 4.51. The van der Waals surface area contributed by atoms with E-state index >= 15 is 0 Å². The van der Waals surface area contributed by atoms with Gasteiger partial charge in [-0.2, -0.15) is 5.26 Å². The molecule has 0 saturated carbocycles. The van der Waals surface area contributed by atoms with Gasteiger partial charge in [0.15, 0.2) is 0 Å². The minimum absolute atomic E-state index is 0.484. The Kier molecular flexibility index (Phi) is 3.86. The molecule has 0 aliphatic carbocycles. The van der Waals surface area contributed by atoms with Crippen LogP contribution in [-0.2, 0) is 0 Å². The SMILES string of the molecule is N#Cc1ccc(Cl)c(NCC2CSc3ccccc32)c1. The van der Waals surface area contributed by atoms with Crippen LogP contribution in [0, 0.1) is 11.3 Å². The average Bonchev–Trinajstić information content (AvgIpc) is 2.90. The molecule has 0 aromatic heterocycles. The van der Waals surface area contributed by atoms with Crippen LogP contribution >= 0.6 is 23.4 Å². The fourth-order valence-electron chi connectivity index (χ4n) is 2.36. The fourth-order valence-corrected chi connectivity index (χ4v) is 3.80. The maximum Gasteiger partial charge on any atom is 0.0992 e. The summed E-state index contributed by atoms with van der Waals surface area (Å²) < 4.78 is 0. The number of nitrogens with zero attached hydrogens (tertiary/aromatic N) is 1. The first-order chi connectivity index (χ1) is 9.78. The lowest BCUT2D eigenvalue weighted by atomic mass is 10.0. The van der Waals surface area contributed by atoms with E-state index in [9.17, 15) is 0 Å². The number of anilines is 1. The lowest BCUT2D eigenvalue weighted by molar-refractivity contribution is 0.819. The van der Waals surface area contributed by atoms with Gasteiger partial charge in [0.1, 0.15) is 0 Å². The molecule has 0 bridgehead atoms. The first kappa shape index (κ1) is 13.4. The minimum atomic E-state index is 0.484. The molecule has 20 heavy (non-hydrogen) atoms. The first-order valence-electron chi connectivity index (χ1n) is 6.43. The van der Waals surface area contributed by atoms with Crippen molar-refractivity contribution in [1.82, 2.24) is 0 Å². The second-order valence-electron chi connectivity index (χ2n) is 4.73. The van der Waals surface area contributed by atoms with Crippen molar-refractivity contribution in [3.05, 3.63) is 58.6 Å². The van der Waals surface area contributed by atoms with E-state index in [2.05, 4.69) is 35.7 Å². The summed E-state index contributed by atoms with van der Waals surface area (Å²) in [6, 6.07) is 16.0. The zero-order valence-electron chi connectivity index (χ0n) is 10.8. The van der Waals surface area contributed by atoms with Gasteiger partial charge in [0.2, 0.25) is 0 Å². The van der Waals surface area contributed by atoms with Gasteiger partial charge in [-0.05, 0) is 29.8 Å². The monoisotopic (exact) mass is 300 g/mol. The maximum atomic E-state index is 8.94. The number of nitriles is 1. The van der Waals surface area contributed by atoms with Crippen molar-refractivity contribution in [1.29, 1.82) is 5.26 Å². The number of hydrogen-bond acceptors (Lipinski definition) is 3. The summed E-state index contributed by atoms with van der Waals surface area (Å²) in [6.45, 7) is 0.832. The standard InChI is InChI=1S/C16H13ClN2S/c17-14-6-5-11(8-18)7-15(14)19-9-12-10-20-16-4-2-1-3-13(12)16/h1-7,12,19H,9-10H2.